The Kier molecular flexibility index (Phi) is 4.00. The van der Waals surface area contributed by atoms with Crippen LogP contribution in [0, 0.1) is 5.92 Å². The van der Waals surface area contributed by atoms with Crippen molar-refractivity contribution in [2.45, 2.75) is 12.8 Å². The SMILES string of the molecule is C=CCc1ccccc1OCC1CCNC1. The number of hydrogen-bond donors (Lipinski definition) is 1. The van der Waals surface area contributed by atoms with Gasteiger partial charge in [-0.2, -0.15) is 0 Å². The van der Waals surface area contributed by atoms with E-state index in [1.165, 1.54) is 12.0 Å². The molecule has 1 atom stereocenters. The summed E-state index contributed by atoms with van der Waals surface area (Å²) in [6.45, 7) is 6.80. The zero-order valence-corrected chi connectivity index (χ0v) is 9.61. The second-order valence-electron chi connectivity index (χ2n) is 4.27. The molecule has 1 aliphatic heterocycles. The Balaban J connectivity index is 1.94. The first-order chi connectivity index (χ1) is 7.90. The molecule has 1 fully saturated rings. The normalized spacial score (nSPS) is 19.6. The highest BCUT2D eigenvalue weighted by atomic mass is 16.5. The summed E-state index contributed by atoms with van der Waals surface area (Å²) in [4.78, 5) is 0. The Morgan fingerprint density at radius 1 is 1.44 bits per heavy atom. The number of para-hydroxylation sites is 1. The van der Waals surface area contributed by atoms with E-state index in [4.69, 9.17) is 4.74 Å². The summed E-state index contributed by atoms with van der Waals surface area (Å²) in [6, 6.07) is 8.21. The minimum absolute atomic E-state index is 0.664. The van der Waals surface area contributed by atoms with E-state index in [0.717, 1.165) is 31.9 Å². The first-order valence-corrected chi connectivity index (χ1v) is 5.92. The summed E-state index contributed by atoms with van der Waals surface area (Å²) >= 11 is 0. The third kappa shape index (κ3) is 2.86. The highest BCUT2D eigenvalue weighted by Gasteiger charge is 2.15. The first-order valence-electron chi connectivity index (χ1n) is 5.92. The van der Waals surface area contributed by atoms with Gasteiger partial charge in [0.05, 0.1) is 6.61 Å². The smallest absolute Gasteiger partial charge is 0.122 e. The molecule has 0 saturated carbocycles. The summed E-state index contributed by atoms with van der Waals surface area (Å²) in [6.07, 6.45) is 4.02. The van der Waals surface area contributed by atoms with Crippen LogP contribution in [0.25, 0.3) is 0 Å². The molecule has 0 aromatic heterocycles. The maximum absolute atomic E-state index is 5.89. The Hall–Kier alpha value is -1.28. The number of hydrogen-bond acceptors (Lipinski definition) is 2. The van der Waals surface area contributed by atoms with Crippen LogP contribution in [-0.4, -0.2) is 19.7 Å². The topological polar surface area (TPSA) is 21.3 Å². The molecule has 2 heteroatoms. The quantitative estimate of drug-likeness (QED) is 0.765. The van der Waals surface area contributed by atoms with Crippen molar-refractivity contribution in [1.29, 1.82) is 0 Å². The van der Waals surface area contributed by atoms with Crippen LogP contribution in [0.5, 0.6) is 5.75 Å². The molecule has 1 saturated heterocycles. The van der Waals surface area contributed by atoms with Gasteiger partial charge in [0.25, 0.3) is 0 Å². The Morgan fingerprint density at radius 2 is 2.31 bits per heavy atom. The molecule has 16 heavy (non-hydrogen) atoms. The van der Waals surface area contributed by atoms with Gasteiger partial charge >= 0.3 is 0 Å². The summed E-state index contributed by atoms with van der Waals surface area (Å²) in [7, 11) is 0. The Bertz CT molecular complexity index is 342. The minimum Gasteiger partial charge on any atom is -0.493 e. The van der Waals surface area contributed by atoms with Gasteiger partial charge in [-0.15, -0.1) is 6.58 Å². The van der Waals surface area contributed by atoms with Crippen LogP contribution in [0.15, 0.2) is 36.9 Å². The van der Waals surface area contributed by atoms with Gasteiger partial charge in [-0.25, -0.2) is 0 Å². The number of nitrogens with one attached hydrogen (secondary N) is 1. The van der Waals surface area contributed by atoms with E-state index >= 15 is 0 Å². The fourth-order valence-corrected chi connectivity index (χ4v) is 2.03. The molecule has 0 radical (unpaired) electrons. The van der Waals surface area contributed by atoms with Crippen molar-refractivity contribution in [3.05, 3.63) is 42.5 Å². The average molecular weight is 217 g/mol. The molecule has 1 aliphatic rings. The molecule has 1 heterocycles. The van der Waals surface area contributed by atoms with Crippen molar-refractivity contribution in [2.24, 2.45) is 5.92 Å². The summed E-state index contributed by atoms with van der Waals surface area (Å²) in [5, 5.41) is 3.35. The fraction of sp³-hybridized carbons (Fsp3) is 0.429. The molecule has 1 N–H and O–H groups in total. The predicted octanol–water partition coefficient (Wildman–Crippen LogP) is 2.40. The second-order valence-corrected chi connectivity index (χ2v) is 4.27. The third-order valence-corrected chi connectivity index (χ3v) is 2.97. The van der Waals surface area contributed by atoms with Crippen LogP contribution in [0.1, 0.15) is 12.0 Å². The van der Waals surface area contributed by atoms with Crippen LogP contribution in [0.3, 0.4) is 0 Å². The van der Waals surface area contributed by atoms with Crippen LogP contribution in [0.2, 0.25) is 0 Å². The molecule has 2 nitrogen and oxygen atoms in total. The molecule has 2 rings (SSSR count). The number of allylic oxidation sites excluding steroid dienone is 1. The zero-order chi connectivity index (χ0) is 11.2. The van der Waals surface area contributed by atoms with Crippen molar-refractivity contribution in [1.82, 2.24) is 5.32 Å². The molecule has 0 spiro atoms. The van der Waals surface area contributed by atoms with E-state index in [2.05, 4.69) is 18.0 Å². The van der Waals surface area contributed by atoms with E-state index in [9.17, 15) is 0 Å². The lowest BCUT2D eigenvalue weighted by Gasteiger charge is -2.13. The summed E-state index contributed by atoms with van der Waals surface area (Å²) in [5.41, 5.74) is 1.23. The molecule has 1 aromatic rings. The third-order valence-electron chi connectivity index (χ3n) is 2.97. The van der Waals surface area contributed by atoms with Crippen molar-refractivity contribution in [3.63, 3.8) is 0 Å². The minimum atomic E-state index is 0.664. The van der Waals surface area contributed by atoms with E-state index in [0.29, 0.717) is 5.92 Å². The molecular weight excluding hydrogens is 198 g/mol. The largest absolute Gasteiger partial charge is 0.493 e. The average Bonchev–Trinajstić information content (AvgIpc) is 2.81. The van der Waals surface area contributed by atoms with E-state index in [1.54, 1.807) is 0 Å². The number of rotatable bonds is 5. The fourth-order valence-electron chi connectivity index (χ4n) is 2.03. The van der Waals surface area contributed by atoms with Gasteiger partial charge < -0.3 is 10.1 Å². The van der Waals surface area contributed by atoms with E-state index < -0.39 is 0 Å². The van der Waals surface area contributed by atoms with Gasteiger partial charge in [0.2, 0.25) is 0 Å². The maximum atomic E-state index is 5.89. The van der Waals surface area contributed by atoms with Gasteiger partial charge in [0.1, 0.15) is 5.75 Å². The molecule has 0 aliphatic carbocycles. The second kappa shape index (κ2) is 5.71. The number of ether oxygens (including phenoxy) is 1. The van der Waals surface area contributed by atoms with Gasteiger partial charge in [-0.3, -0.25) is 0 Å². The molecule has 1 unspecified atom stereocenters. The summed E-state index contributed by atoms with van der Waals surface area (Å²) in [5.74, 6) is 1.67. The Morgan fingerprint density at radius 3 is 3.06 bits per heavy atom. The predicted molar refractivity (Wildman–Crippen MR) is 66.8 cm³/mol. The molecule has 86 valence electrons. The monoisotopic (exact) mass is 217 g/mol. The van der Waals surface area contributed by atoms with Crippen LogP contribution in [-0.2, 0) is 6.42 Å². The van der Waals surface area contributed by atoms with Crippen molar-refractivity contribution in [3.8, 4) is 5.75 Å². The van der Waals surface area contributed by atoms with Gasteiger partial charge in [0, 0.05) is 12.5 Å². The zero-order valence-electron chi connectivity index (χ0n) is 9.61. The lowest BCUT2D eigenvalue weighted by atomic mass is 10.1. The van der Waals surface area contributed by atoms with Gasteiger partial charge in [-0.05, 0) is 31.0 Å². The van der Waals surface area contributed by atoms with Crippen LogP contribution >= 0.6 is 0 Å². The van der Waals surface area contributed by atoms with Crippen molar-refractivity contribution >= 4 is 0 Å². The highest BCUT2D eigenvalue weighted by Crippen LogP contribution is 2.20. The highest BCUT2D eigenvalue weighted by molar-refractivity contribution is 5.34. The van der Waals surface area contributed by atoms with Crippen LogP contribution < -0.4 is 10.1 Å². The van der Waals surface area contributed by atoms with Gasteiger partial charge in [-0.1, -0.05) is 24.3 Å². The summed E-state index contributed by atoms with van der Waals surface area (Å²) < 4.78 is 5.89. The Labute approximate surface area is 97.3 Å². The standard InChI is InChI=1S/C14H19NO/c1-2-5-13-6-3-4-7-14(13)16-11-12-8-9-15-10-12/h2-4,6-7,12,15H,1,5,8-11H2. The molecule has 0 amide bonds. The molecule has 1 aromatic carbocycles. The van der Waals surface area contributed by atoms with Gasteiger partial charge in [0.15, 0.2) is 0 Å². The molecular formula is C14H19NO. The van der Waals surface area contributed by atoms with Crippen molar-refractivity contribution in [2.75, 3.05) is 19.7 Å². The first kappa shape index (κ1) is 11.2. The van der Waals surface area contributed by atoms with E-state index in [1.807, 2.05) is 24.3 Å². The maximum Gasteiger partial charge on any atom is 0.122 e. The lowest BCUT2D eigenvalue weighted by molar-refractivity contribution is 0.258. The molecule has 0 bridgehead atoms. The number of benzene rings is 1. The lowest BCUT2D eigenvalue weighted by Crippen LogP contribution is -2.15. The van der Waals surface area contributed by atoms with Crippen LogP contribution in [0.4, 0.5) is 0 Å². The van der Waals surface area contributed by atoms with E-state index in [-0.39, 0.29) is 0 Å². The van der Waals surface area contributed by atoms with Crippen molar-refractivity contribution < 1.29 is 4.74 Å².